The van der Waals surface area contributed by atoms with E-state index in [0.29, 0.717) is 5.69 Å². The predicted molar refractivity (Wildman–Crippen MR) is 84.2 cm³/mol. The molecule has 0 bridgehead atoms. The molecule has 1 atom stereocenters. The van der Waals surface area contributed by atoms with Crippen molar-refractivity contribution in [1.29, 1.82) is 0 Å². The molecule has 0 saturated carbocycles. The minimum atomic E-state index is -0.998. The normalized spacial score (nSPS) is 11.6. The number of amides is 1. The van der Waals surface area contributed by atoms with E-state index in [0.717, 1.165) is 10.2 Å². The Morgan fingerprint density at radius 3 is 2.65 bits per heavy atom. The van der Waals surface area contributed by atoms with E-state index in [4.69, 9.17) is 4.74 Å². The third-order valence-corrected chi connectivity index (χ3v) is 3.11. The Bertz CT molecular complexity index is 798. The summed E-state index contributed by atoms with van der Waals surface area (Å²) in [7, 11) is 1.42. The van der Waals surface area contributed by atoms with Gasteiger partial charge in [0.05, 0.1) is 0 Å². The number of ether oxygens (including phenoxy) is 1. The van der Waals surface area contributed by atoms with Gasteiger partial charge in [0.15, 0.2) is 11.8 Å². The Hall–Kier alpha value is -2.96. The monoisotopic (exact) mass is 315 g/mol. The molecule has 0 radical (unpaired) electrons. The fourth-order valence-electron chi connectivity index (χ4n) is 1.85. The molecule has 1 unspecified atom stereocenters. The van der Waals surface area contributed by atoms with Crippen molar-refractivity contribution in [3.8, 4) is 0 Å². The molecule has 120 valence electrons. The SMILES string of the molecule is Cc1cccc(NC(=O)C(C)OC(=O)c2ccc(=O)n(C)n2)c1. The highest BCUT2D eigenvalue weighted by Gasteiger charge is 2.20. The van der Waals surface area contributed by atoms with Crippen molar-refractivity contribution in [1.82, 2.24) is 9.78 Å². The maximum absolute atomic E-state index is 12.0. The number of hydrogen-bond acceptors (Lipinski definition) is 5. The van der Waals surface area contributed by atoms with Gasteiger partial charge < -0.3 is 10.1 Å². The lowest BCUT2D eigenvalue weighted by molar-refractivity contribution is -0.123. The van der Waals surface area contributed by atoms with Crippen molar-refractivity contribution < 1.29 is 14.3 Å². The van der Waals surface area contributed by atoms with Crippen LogP contribution in [0.3, 0.4) is 0 Å². The molecule has 0 fully saturated rings. The molecule has 1 aromatic carbocycles. The van der Waals surface area contributed by atoms with E-state index in [9.17, 15) is 14.4 Å². The van der Waals surface area contributed by atoms with Gasteiger partial charge in [-0.3, -0.25) is 9.59 Å². The molecule has 7 nitrogen and oxygen atoms in total. The molecular weight excluding hydrogens is 298 g/mol. The third-order valence-electron chi connectivity index (χ3n) is 3.11. The van der Waals surface area contributed by atoms with E-state index in [1.165, 1.54) is 26.1 Å². The van der Waals surface area contributed by atoms with Crippen LogP contribution in [0.5, 0.6) is 0 Å². The average Bonchev–Trinajstić information content (AvgIpc) is 2.49. The molecule has 1 N–H and O–H groups in total. The third kappa shape index (κ3) is 4.26. The van der Waals surface area contributed by atoms with E-state index in [-0.39, 0.29) is 11.3 Å². The number of aryl methyl sites for hydroxylation is 2. The first kappa shape index (κ1) is 16.4. The minimum Gasteiger partial charge on any atom is -0.448 e. The van der Waals surface area contributed by atoms with Gasteiger partial charge in [0.25, 0.3) is 11.5 Å². The van der Waals surface area contributed by atoms with Crippen molar-refractivity contribution in [2.24, 2.45) is 7.05 Å². The molecule has 1 amide bonds. The van der Waals surface area contributed by atoms with Crippen LogP contribution in [-0.4, -0.2) is 27.8 Å². The van der Waals surface area contributed by atoms with E-state index in [2.05, 4.69) is 10.4 Å². The summed E-state index contributed by atoms with van der Waals surface area (Å²) in [5.74, 6) is -1.22. The second-order valence-corrected chi connectivity index (χ2v) is 5.09. The summed E-state index contributed by atoms with van der Waals surface area (Å²) in [5.41, 5.74) is 1.24. The summed E-state index contributed by atoms with van der Waals surface area (Å²) in [6.45, 7) is 3.37. The highest BCUT2D eigenvalue weighted by atomic mass is 16.5. The van der Waals surface area contributed by atoms with Crippen molar-refractivity contribution in [2.75, 3.05) is 5.32 Å². The van der Waals surface area contributed by atoms with Crippen LogP contribution >= 0.6 is 0 Å². The number of anilines is 1. The molecule has 0 saturated heterocycles. The molecule has 0 aliphatic heterocycles. The number of carbonyl (C=O) groups is 2. The highest BCUT2D eigenvalue weighted by Crippen LogP contribution is 2.10. The van der Waals surface area contributed by atoms with Crippen molar-refractivity contribution >= 4 is 17.6 Å². The maximum Gasteiger partial charge on any atom is 0.359 e. The molecule has 2 aromatic rings. The Balaban J connectivity index is 2.01. The standard InChI is InChI=1S/C16H17N3O4/c1-10-5-4-6-12(9-10)17-15(21)11(2)23-16(22)13-7-8-14(20)19(3)18-13/h4-9,11H,1-3H3,(H,17,21). The Kier molecular flexibility index (Phi) is 4.90. The first-order valence-corrected chi connectivity index (χ1v) is 6.99. The van der Waals surface area contributed by atoms with Gasteiger partial charge in [-0.25, -0.2) is 9.48 Å². The second-order valence-electron chi connectivity index (χ2n) is 5.09. The second kappa shape index (κ2) is 6.87. The Morgan fingerprint density at radius 2 is 2.00 bits per heavy atom. The van der Waals surface area contributed by atoms with Gasteiger partial charge in [0.1, 0.15) is 0 Å². The van der Waals surface area contributed by atoms with E-state index >= 15 is 0 Å². The summed E-state index contributed by atoms with van der Waals surface area (Å²) < 4.78 is 6.09. The zero-order chi connectivity index (χ0) is 17.0. The first-order chi connectivity index (χ1) is 10.9. The first-order valence-electron chi connectivity index (χ1n) is 6.99. The molecule has 1 aromatic heterocycles. The molecule has 2 rings (SSSR count). The zero-order valence-electron chi connectivity index (χ0n) is 13.1. The van der Waals surface area contributed by atoms with Gasteiger partial charge in [-0.1, -0.05) is 12.1 Å². The predicted octanol–water partition coefficient (Wildman–Crippen LogP) is 1.27. The number of esters is 1. The number of rotatable bonds is 4. The molecule has 7 heteroatoms. The smallest absolute Gasteiger partial charge is 0.359 e. The van der Waals surface area contributed by atoms with Gasteiger partial charge >= 0.3 is 5.97 Å². The molecular formula is C16H17N3O4. The fourth-order valence-corrected chi connectivity index (χ4v) is 1.85. The maximum atomic E-state index is 12.0. The Morgan fingerprint density at radius 1 is 1.26 bits per heavy atom. The number of benzene rings is 1. The molecule has 0 aliphatic rings. The van der Waals surface area contributed by atoms with E-state index in [1.807, 2.05) is 19.1 Å². The topological polar surface area (TPSA) is 90.3 Å². The van der Waals surface area contributed by atoms with Crippen LogP contribution in [0.25, 0.3) is 0 Å². The summed E-state index contributed by atoms with van der Waals surface area (Å²) in [4.78, 5) is 35.2. The largest absolute Gasteiger partial charge is 0.448 e. The summed E-state index contributed by atoms with van der Waals surface area (Å²) in [6.07, 6.45) is -0.998. The van der Waals surface area contributed by atoms with Crippen LogP contribution in [0, 0.1) is 6.92 Å². The van der Waals surface area contributed by atoms with Gasteiger partial charge in [0.2, 0.25) is 0 Å². The van der Waals surface area contributed by atoms with E-state index in [1.54, 1.807) is 12.1 Å². The number of hydrogen-bond donors (Lipinski definition) is 1. The lowest BCUT2D eigenvalue weighted by Crippen LogP contribution is -2.31. The fraction of sp³-hybridized carbons (Fsp3) is 0.250. The van der Waals surface area contributed by atoms with Gasteiger partial charge in [-0.2, -0.15) is 5.10 Å². The van der Waals surface area contributed by atoms with Crippen molar-refractivity contribution in [3.05, 3.63) is 58.0 Å². The van der Waals surface area contributed by atoms with Crippen LogP contribution in [0.1, 0.15) is 23.0 Å². The summed E-state index contributed by atoms with van der Waals surface area (Å²) in [6, 6.07) is 9.74. The molecule has 0 spiro atoms. The van der Waals surface area contributed by atoms with Gasteiger partial charge in [-0.05, 0) is 37.6 Å². The van der Waals surface area contributed by atoms with Crippen LogP contribution in [-0.2, 0) is 16.6 Å². The molecule has 23 heavy (non-hydrogen) atoms. The van der Waals surface area contributed by atoms with E-state index < -0.39 is 18.0 Å². The van der Waals surface area contributed by atoms with Crippen LogP contribution < -0.4 is 10.9 Å². The lowest BCUT2D eigenvalue weighted by atomic mass is 10.2. The average molecular weight is 315 g/mol. The van der Waals surface area contributed by atoms with Crippen LogP contribution in [0.2, 0.25) is 0 Å². The number of aromatic nitrogens is 2. The highest BCUT2D eigenvalue weighted by molar-refractivity contribution is 5.96. The van der Waals surface area contributed by atoms with Crippen LogP contribution in [0.15, 0.2) is 41.2 Å². The zero-order valence-corrected chi connectivity index (χ0v) is 13.1. The molecule has 0 aliphatic carbocycles. The summed E-state index contributed by atoms with van der Waals surface area (Å²) >= 11 is 0. The van der Waals surface area contributed by atoms with Gasteiger partial charge in [0, 0.05) is 18.8 Å². The Labute approximate surface area is 132 Å². The minimum absolute atomic E-state index is 0.0395. The quantitative estimate of drug-likeness (QED) is 0.858. The van der Waals surface area contributed by atoms with Crippen molar-refractivity contribution in [2.45, 2.75) is 20.0 Å². The number of nitrogens with one attached hydrogen (secondary N) is 1. The summed E-state index contributed by atoms with van der Waals surface area (Å²) in [5, 5.41) is 6.45. The van der Waals surface area contributed by atoms with Gasteiger partial charge in [-0.15, -0.1) is 0 Å². The van der Waals surface area contributed by atoms with Crippen molar-refractivity contribution in [3.63, 3.8) is 0 Å². The lowest BCUT2D eigenvalue weighted by Gasteiger charge is -2.13. The van der Waals surface area contributed by atoms with Crippen LogP contribution in [0.4, 0.5) is 5.69 Å². The number of carbonyl (C=O) groups excluding carboxylic acids is 2. The number of nitrogens with zero attached hydrogens (tertiary/aromatic N) is 2. The molecule has 1 heterocycles.